The highest BCUT2D eigenvalue weighted by Gasteiger charge is 2.35. The number of carbonyl (C=O) groups excluding carboxylic acids is 1. The Bertz CT molecular complexity index is 414. The van der Waals surface area contributed by atoms with Gasteiger partial charge in [-0.25, -0.2) is 0 Å². The number of nitrogens with zero attached hydrogens (tertiary/aromatic N) is 2. The molecule has 1 heterocycles. The number of nitrogens with two attached hydrogens (primary N) is 1. The van der Waals surface area contributed by atoms with Crippen molar-refractivity contribution < 1.29 is 9.53 Å². The molecule has 6 heteroatoms. The van der Waals surface area contributed by atoms with E-state index in [-0.39, 0.29) is 11.9 Å². The Morgan fingerprint density at radius 1 is 1.72 bits per heavy atom. The lowest BCUT2D eigenvalue weighted by Gasteiger charge is -2.28. The van der Waals surface area contributed by atoms with Crippen LogP contribution in [0.4, 0.5) is 5.69 Å². The average molecular weight is 252 g/mol. The van der Waals surface area contributed by atoms with Crippen LogP contribution in [0.5, 0.6) is 0 Å². The Morgan fingerprint density at radius 3 is 2.94 bits per heavy atom. The van der Waals surface area contributed by atoms with E-state index >= 15 is 0 Å². The maximum absolute atomic E-state index is 12.4. The minimum absolute atomic E-state index is 0.0959. The lowest BCUT2D eigenvalue weighted by atomic mass is 10.1. The van der Waals surface area contributed by atoms with Gasteiger partial charge in [0.05, 0.1) is 18.5 Å². The van der Waals surface area contributed by atoms with Gasteiger partial charge in [-0.15, -0.1) is 0 Å². The van der Waals surface area contributed by atoms with Crippen molar-refractivity contribution in [3.63, 3.8) is 0 Å². The Hall–Kier alpha value is -1.56. The average Bonchev–Trinajstić information content (AvgIpc) is 3.12. The maximum Gasteiger partial charge on any atom is 0.274 e. The first-order valence-corrected chi connectivity index (χ1v) is 6.24. The molecule has 6 nitrogen and oxygen atoms in total. The number of carbonyl (C=O) groups is 1. The second-order valence-corrected chi connectivity index (χ2v) is 4.77. The van der Waals surface area contributed by atoms with Crippen molar-refractivity contribution in [3.05, 3.63) is 11.9 Å². The predicted octanol–water partition coefficient (Wildman–Crippen LogP) is 0.879. The molecule has 0 spiro atoms. The van der Waals surface area contributed by atoms with Crippen LogP contribution in [0.2, 0.25) is 0 Å². The molecule has 1 fully saturated rings. The van der Waals surface area contributed by atoms with Crippen LogP contribution >= 0.6 is 0 Å². The zero-order valence-corrected chi connectivity index (χ0v) is 10.8. The number of aromatic nitrogens is 2. The monoisotopic (exact) mass is 252 g/mol. The van der Waals surface area contributed by atoms with E-state index in [9.17, 15) is 4.79 Å². The van der Waals surface area contributed by atoms with Gasteiger partial charge in [-0.3, -0.25) is 9.89 Å². The van der Waals surface area contributed by atoms with Gasteiger partial charge < -0.3 is 15.4 Å². The highest BCUT2D eigenvalue weighted by molar-refractivity contribution is 5.97. The normalized spacial score (nSPS) is 16.6. The van der Waals surface area contributed by atoms with Gasteiger partial charge in [-0.05, 0) is 25.7 Å². The van der Waals surface area contributed by atoms with Gasteiger partial charge in [-0.1, -0.05) is 0 Å². The first-order valence-electron chi connectivity index (χ1n) is 6.24. The van der Waals surface area contributed by atoms with Crippen LogP contribution < -0.4 is 5.73 Å². The van der Waals surface area contributed by atoms with E-state index in [1.54, 1.807) is 7.11 Å². The molecule has 18 heavy (non-hydrogen) atoms. The SMILES string of the molecule is COCCN(C(=O)c1[nH]ncc1N)C(C)C1CC1. The number of aromatic amines is 1. The van der Waals surface area contributed by atoms with Crippen molar-refractivity contribution in [2.24, 2.45) is 5.92 Å². The molecule has 1 aliphatic rings. The summed E-state index contributed by atoms with van der Waals surface area (Å²) < 4.78 is 5.07. The Kier molecular flexibility index (Phi) is 3.86. The van der Waals surface area contributed by atoms with Crippen LogP contribution in [0.15, 0.2) is 6.20 Å². The van der Waals surface area contributed by atoms with Gasteiger partial charge >= 0.3 is 0 Å². The largest absolute Gasteiger partial charge is 0.396 e. The quantitative estimate of drug-likeness (QED) is 0.787. The highest BCUT2D eigenvalue weighted by Crippen LogP contribution is 2.35. The number of ether oxygens (including phenoxy) is 1. The summed E-state index contributed by atoms with van der Waals surface area (Å²) in [6, 6.07) is 0.218. The summed E-state index contributed by atoms with van der Waals surface area (Å²) in [6.07, 6.45) is 3.84. The number of amides is 1. The molecule has 0 aromatic carbocycles. The molecule has 100 valence electrons. The fourth-order valence-electron chi connectivity index (χ4n) is 2.12. The molecule has 1 aromatic rings. The Balaban J connectivity index is 2.12. The summed E-state index contributed by atoms with van der Waals surface area (Å²) in [5, 5.41) is 6.47. The molecule has 2 rings (SSSR count). The summed E-state index contributed by atoms with van der Waals surface area (Å²) >= 11 is 0. The second-order valence-electron chi connectivity index (χ2n) is 4.77. The molecule has 1 unspecified atom stereocenters. The van der Waals surface area contributed by atoms with E-state index in [1.165, 1.54) is 19.0 Å². The third-order valence-corrected chi connectivity index (χ3v) is 3.48. The number of hydrogen-bond acceptors (Lipinski definition) is 4. The zero-order chi connectivity index (χ0) is 13.1. The van der Waals surface area contributed by atoms with Gasteiger partial charge in [0.2, 0.25) is 0 Å². The standard InChI is InChI=1S/C12H20N4O2/c1-8(9-3-4-9)16(5-6-18-2)12(17)11-10(13)7-14-15-11/h7-9H,3-6,13H2,1-2H3,(H,14,15). The molecule has 1 saturated carbocycles. The molecular weight excluding hydrogens is 232 g/mol. The highest BCUT2D eigenvalue weighted by atomic mass is 16.5. The summed E-state index contributed by atoms with van der Waals surface area (Å²) in [6.45, 7) is 3.18. The summed E-state index contributed by atoms with van der Waals surface area (Å²) in [5.74, 6) is 0.511. The molecule has 1 atom stereocenters. The van der Waals surface area contributed by atoms with Crippen LogP contribution in [0.3, 0.4) is 0 Å². The Labute approximate surface area is 106 Å². The van der Waals surface area contributed by atoms with Crippen molar-refractivity contribution >= 4 is 11.6 Å². The molecule has 1 amide bonds. The van der Waals surface area contributed by atoms with Gasteiger partial charge in [0, 0.05) is 19.7 Å². The molecule has 1 aliphatic carbocycles. The van der Waals surface area contributed by atoms with Crippen molar-refractivity contribution in [2.75, 3.05) is 26.0 Å². The molecule has 0 bridgehead atoms. The first-order chi connectivity index (χ1) is 8.65. The van der Waals surface area contributed by atoms with Crippen LogP contribution in [0.25, 0.3) is 0 Å². The van der Waals surface area contributed by atoms with Crippen molar-refractivity contribution in [3.8, 4) is 0 Å². The maximum atomic E-state index is 12.4. The van der Waals surface area contributed by atoms with Gasteiger partial charge in [0.15, 0.2) is 0 Å². The Morgan fingerprint density at radius 2 is 2.44 bits per heavy atom. The van der Waals surface area contributed by atoms with Crippen LogP contribution in [0, 0.1) is 5.92 Å². The third kappa shape index (κ3) is 2.64. The molecule has 0 saturated heterocycles. The van der Waals surface area contributed by atoms with Gasteiger partial charge in [-0.2, -0.15) is 5.10 Å². The number of rotatable bonds is 6. The number of H-pyrrole nitrogens is 1. The number of anilines is 1. The van der Waals surface area contributed by atoms with E-state index < -0.39 is 0 Å². The van der Waals surface area contributed by atoms with Crippen LogP contribution in [0.1, 0.15) is 30.3 Å². The molecule has 0 aliphatic heterocycles. The lowest BCUT2D eigenvalue weighted by Crippen LogP contribution is -2.42. The van der Waals surface area contributed by atoms with Gasteiger partial charge in [0.1, 0.15) is 5.69 Å². The van der Waals surface area contributed by atoms with Crippen molar-refractivity contribution in [1.82, 2.24) is 15.1 Å². The second kappa shape index (κ2) is 5.39. The topological polar surface area (TPSA) is 84.2 Å². The molecular formula is C12H20N4O2. The third-order valence-electron chi connectivity index (χ3n) is 3.48. The molecule has 1 aromatic heterocycles. The summed E-state index contributed by atoms with van der Waals surface area (Å²) in [5.41, 5.74) is 6.49. The van der Waals surface area contributed by atoms with E-state index in [1.807, 2.05) is 4.90 Å². The number of nitrogen functional groups attached to an aromatic ring is 1. The summed E-state index contributed by atoms with van der Waals surface area (Å²) in [7, 11) is 1.63. The number of nitrogens with one attached hydrogen (secondary N) is 1. The molecule has 3 N–H and O–H groups in total. The van der Waals surface area contributed by atoms with Crippen molar-refractivity contribution in [2.45, 2.75) is 25.8 Å². The van der Waals surface area contributed by atoms with Crippen molar-refractivity contribution in [1.29, 1.82) is 0 Å². The van der Waals surface area contributed by atoms with E-state index in [4.69, 9.17) is 10.5 Å². The minimum atomic E-state index is -0.0959. The first kappa shape index (κ1) is 12.9. The lowest BCUT2D eigenvalue weighted by molar-refractivity contribution is 0.0590. The molecule has 0 radical (unpaired) electrons. The number of hydrogen-bond donors (Lipinski definition) is 2. The zero-order valence-electron chi connectivity index (χ0n) is 10.8. The van der Waals surface area contributed by atoms with E-state index in [0.717, 1.165) is 0 Å². The van der Waals surface area contributed by atoms with Crippen LogP contribution in [-0.4, -0.2) is 47.3 Å². The fourth-order valence-corrected chi connectivity index (χ4v) is 2.12. The minimum Gasteiger partial charge on any atom is -0.396 e. The summed E-state index contributed by atoms with van der Waals surface area (Å²) in [4.78, 5) is 14.2. The van der Waals surface area contributed by atoms with Gasteiger partial charge in [0.25, 0.3) is 5.91 Å². The number of methoxy groups -OCH3 is 1. The van der Waals surface area contributed by atoms with Crippen LogP contribution in [-0.2, 0) is 4.74 Å². The van der Waals surface area contributed by atoms with E-state index in [2.05, 4.69) is 17.1 Å². The smallest absolute Gasteiger partial charge is 0.274 e. The predicted molar refractivity (Wildman–Crippen MR) is 68.1 cm³/mol. The van der Waals surface area contributed by atoms with E-state index in [0.29, 0.717) is 30.5 Å². The fraction of sp³-hybridized carbons (Fsp3) is 0.667.